The van der Waals surface area contributed by atoms with E-state index in [1.807, 2.05) is 6.92 Å². The predicted octanol–water partition coefficient (Wildman–Crippen LogP) is 1.38. The summed E-state index contributed by atoms with van der Waals surface area (Å²) in [4.78, 5) is 12.2. The molecule has 1 aromatic heterocycles. The van der Waals surface area contributed by atoms with Gasteiger partial charge >= 0.3 is 0 Å². The average Bonchev–Trinajstić information content (AvgIpc) is 1.85. The summed E-state index contributed by atoms with van der Waals surface area (Å²) in [5.74, 6) is 2.31. The molecule has 0 atom stereocenters. The Morgan fingerprint density at radius 2 is 2.09 bits per heavy atom. The van der Waals surface area contributed by atoms with Gasteiger partial charge in [0.05, 0.1) is 0 Å². The van der Waals surface area contributed by atoms with Crippen molar-refractivity contribution in [3.63, 3.8) is 0 Å². The molecule has 1 rings (SSSR count). The van der Waals surface area contributed by atoms with Crippen LogP contribution in [0.1, 0.15) is 25.5 Å². The van der Waals surface area contributed by atoms with Crippen LogP contribution in [0, 0.1) is 12.8 Å². The summed E-state index contributed by atoms with van der Waals surface area (Å²) in [7, 11) is 0. The topological polar surface area (TPSA) is 38.7 Å². The number of hydrogen-bond acceptors (Lipinski definition) is 3. The lowest BCUT2D eigenvalue weighted by atomic mass is 10.1. The number of rotatable bonds is 2. The fourth-order valence-electron chi connectivity index (χ4n) is 0.887. The van der Waals surface area contributed by atoms with E-state index in [2.05, 4.69) is 28.8 Å². The molecule has 1 aromatic rings. The highest BCUT2D eigenvalue weighted by atomic mass is 15.0. The van der Waals surface area contributed by atoms with Gasteiger partial charge in [0.1, 0.15) is 18.0 Å². The zero-order valence-corrected chi connectivity index (χ0v) is 7.20. The van der Waals surface area contributed by atoms with E-state index in [-0.39, 0.29) is 0 Å². The minimum atomic E-state index is 0.608. The van der Waals surface area contributed by atoms with E-state index in [0.717, 1.165) is 18.1 Å². The maximum Gasteiger partial charge on any atom is 0.132 e. The first kappa shape index (κ1) is 8.11. The number of aryl methyl sites for hydroxylation is 1. The molecule has 3 nitrogen and oxygen atoms in total. The van der Waals surface area contributed by atoms with Gasteiger partial charge in [-0.25, -0.2) is 15.0 Å². The van der Waals surface area contributed by atoms with Gasteiger partial charge in [-0.1, -0.05) is 13.8 Å². The van der Waals surface area contributed by atoms with Gasteiger partial charge in [-0.05, 0) is 12.8 Å². The molecule has 0 aliphatic rings. The maximum absolute atomic E-state index is 4.19. The Morgan fingerprint density at radius 3 is 2.64 bits per heavy atom. The maximum atomic E-state index is 4.19. The normalized spacial score (nSPS) is 10.5. The van der Waals surface area contributed by atoms with Crippen molar-refractivity contribution in [1.29, 1.82) is 0 Å². The van der Waals surface area contributed by atoms with Gasteiger partial charge in [0.25, 0.3) is 0 Å². The van der Waals surface area contributed by atoms with Gasteiger partial charge in [0.15, 0.2) is 0 Å². The third kappa shape index (κ3) is 2.62. The molecule has 0 amide bonds. The Morgan fingerprint density at radius 1 is 1.36 bits per heavy atom. The second kappa shape index (κ2) is 3.42. The standard InChI is InChI=1S/C8H13N3/c1-6(2)4-8-10-5-9-7(3)11-8/h5-6H,4H2,1-3H3. The molecule has 1 heterocycles. The van der Waals surface area contributed by atoms with E-state index < -0.39 is 0 Å². The molecule has 0 aliphatic heterocycles. The lowest BCUT2D eigenvalue weighted by Crippen LogP contribution is -2.02. The van der Waals surface area contributed by atoms with Crippen LogP contribution in [-0.4, -0.2) is 15.0 Å². The molecule has 0 bridgehead atoms. The first-order valence-corrected chi connectivity index (χ1v) is 3.83. The van der Waals surface area contributed by atoms with Crippen LogP contribution in [0.3, 0.4) is 0 Å². The second-order valence-electron chi connectivity index (χ2n) is 3.05. The minimum Gasteiger partial charge on any atom is -0.222 e. The molecule has 0 fully saturated rings. The second-order valence-corrected chi connectivity index (χ2v) is 3.05. The van der Waals surface area contributed by atoms with Gasteiger partial charge in [-0.3, -0.25) is 0 Å². The van der Waals surface area contributed by atoms with Crippen molar-refractivity contribution in [3.05, 3.63) is 18.0 Å². The molecule has 0 spiro atoms. The van der Waals surface area contributed by atoms with E-state index in [1.165, 1.54) is 0 Å². The molecule has 0 N–H and O–H groups in total. The lowest BCUT2D eigenvalue weighted by Gasteiger charge is -2.01. The SMILES string of the molecule is Cc1ncnc(CC(C)C)n1. The summed E-state index contributed by atoms with van der Waals surface area (Å²) in [6.45, 7) is 6.18. The van der Waals surface area contributed by atoms with Gasteiger partial charge in [-0.15, -0.1) is 0 Å². The van der Waals surface area contributed by atoms with Crippen LogP contribution in [0.5, 0.6) is 0 Å². The van der Waals surface area contributed by atoms with Crippen LogP contribution >= 0.6 is 0 Å². The number of aromatic nitrogens is 3. The Balaban J connectivity index is 2.71. The Kier molecular flexibility index (Phi) is 2.52. The van der Waals surface area contributed by atoms with E-state index in [1.54, 1.807) is 6.33 Å². The Labute approximate surface area is 66.9 Å². The third-order valence-corrected chi connectivity index (χ3v) is 1.33. The molecule has 60 valence electrons. The quantitative estimate of drug-likeness (QED) is 0.641. The molecule has 0 saturated carbocycles. The summed E-state index contributed by atoms with van der Waals surface area (Å²) in [6, 6.07) is 0. The van der Waals surface area contributed by atoms with Crippen LogP contribution in [0.2, 0.25) is 0 Å². The van der Waals surface area contributed by atoms with E-state index in [4.69, 9.17) is 0 Å². The van der Waals surface area contributed by atoms with Gasteiger partial charge in [0, 0.05) is 6.42 Å². The van der Waals surface area contributed by atoms with Crippen molar-refractivity contribution in [2.75, 3.05) is 0 Å². The predicted molar refractivity (Wildman–Crippen MR) is 43.1 cm³/mol. The van der Waals surface area contributed by atoms with Crippen LogP contribution in [0.15, 0.2) is 6.33 Å². The van der Waals surface area contributed by atoms with Gasteiger partial charge in [0.2, 0.25) is 0 Å². The monoisotopic (exact) mass is 151 g/mol. The highest BCUT2D eigenvalue weighted by Gasteiger charge is 1.99. The van der Waals surface area contributed by atoms with Crippen molar-refractivity contribution >= 4 is 0 Å². The zero-order valence-electron chi connectivity index (χ0n) is 7.20. The van der Waals surface area contributed by atoms with Crippen molar-refractivity contribution in [2.45, 2.75) is 27.2 Å². The Hall–Kier alpha value is -0.990. The first-order valence-electron chi connectivity index (χ1n) is 3.83. The molecule has 0 unspecified atom stereocenters. The van der Waals surface area contributed by atoms with Crippen LogP contribution in [0.25, 0.3) is 0 Å². The summed E-state index contributed by atoms with van der Waals surface area (Å²) in [5.41, 5.74) is 0. The minimum absolute atomic E-state index is 0.608. The molecule has 3 heteroatoms. The molecule has 11 heavy (non-hydrogen) atoms. The van der Waals surface area contributed by atoms with Gasteiger partial charge in [-0.2, -0.15) is 0 Å². The first-order chi connectivity index (χ1) is 5.18. The fraction of sp³-hybridized carbons (Fsp3) is 0.625. The van der Waals surface area contributed by atoms with Gasteiger partial charge < -0.3 is 0 Å². The fourth-order valence-corrected chi connectivity index (χ4v) is 0.887. The van der Waals surface area contributed by atoms with Crippen LogP contribution < -0.4 is 0 Å². The van der Waals surface area contributed by atoms with Crippen molar-refractivity contribution in [2.24, 2.45) is 5.92 Å². The summed E-state index contributed by atoms with van der Waals surface area (Å²) < 4.78 is 0. The summed E-state index contributed by atoms with van der Waals surface area (Å²) in [6.07, 6.45) is 2.50. The Bertz CT molecular complexity index is 233. The van der Waals surface area contributed by atoms with E-state index >= 15 is 0 Å². The summed E-state index contributed by atoms with van der Waals surface area (Å²) in [5, 5.41) is 0. The molecule has 0 radical (unpaired) electrons. The van der Waals surface area contributed by atoms with E-state index in [9.17, 15) is 0 Å². The smallest absolute Gasteiger partial charge is 0.132 e. The molecule has 0 aromatic carbocycles. The number of nitrogens with zero attached hydrogens (tertiary/aromatic N) is 3. The molecule has 0 saturated heterocycles. The average molecular weight is 151 g/mol. The number of hydrogen-bond donors (Lipinski definition) is 0. The van der Waals surface area contributed by atoms with E-state index in [0.29, 0.717) is 5.92 Å². The van der Waals surface area contributed by atoms with Crippen molar-refractivity contribution < 1.29 is 0 Å². The third-order valence-electron chi connectivity index (χ3n) is 1.33. The zero-order chi connectivity index (χ0) is 8.27. The van der Waals surface area contributed by atoms with Crippen LogP contribution in [-0.2, 0) is 6.42 Å². The van der Waals surface area contributed by atoms with Crippen molar-refractivity contribution in [1.82, 2.24) is 15.0 Å². The largest absolute Gasteiger partial charge is 0.222 e. The molecular weight excluding hydrogens is 138 g/mol. The van der Waals surface area contributed by atoms with Crippen LogP contribution in [0.4, 0.5) is 0 Å². The lowest BCUT2D eigenvalue weighted by molar-refractivity contribution is 0.614. The molecule has 0 aliphatic carbocycles. The molecular formula is C8H13N3. The summed E-state index contributed by atoms with van der Waals surface area (Å²) >= 11 is 0. The van der Waals surface area contributed by atoms with Crippen molar-refractivity contribution in [3.8, 4) is 0 Å². The highest BCUT2D eigenvalue weighted by Crippen LogP contribution is 2.00. The highest BCUT2D eigenvalue weighted by molar-refractivity contribution is 4.88.